The van der Waals surface area contributed by atoms with Gasteiger partial charge < -0.3 is 5.32 Å². The maximum atomic E-state index is 13.1. The summed E-state index contributed by atoms with van der Waals surface area (Å²) in [5.41, 5.74) is -0.676. The SMILES string of the molecule is CC1C(=O)NC(C)(C)C(=O)N1c1ccc(F)cc1Cl. The second kappa shape index (κ2) is 4.49. The van der Waals surface area contributed by atoms with Gasteiger partial charge in [0, 0.05) is 0 Å². The molecule has 1 unspecified atom stereocenters. The van der Waals surface area contributed by atoms with Gasteiger partial charge in [0.05, 0.1) is 10.7 Å². The lowest BCUT2D eigenvalue weighted by molar-refractivity contribution is -0.136. The van der Waals surface area contributed by atoms with Crippen LogP contribution in [0.2, 0.25) is 5.02 Å². The molecule has 19 heavy (non-hydrogen) atoms. The van der Waals surface area contributed by atoms with Gasteiger partial charge in [-0.3, -0.25) is 14.5 Å². The van der Waals surface area contributed by atoms with Gasteiger partial charge in [-0.25, -0.2) is 4.39 Å². The first-order chi connectivity index (χ1) is 8.74. The molecule has 1 saturated heterocycles. The third kappa shape index (κ3) is 2.30. The average molecular weight is 285 g/mol. The van der Waals surface area contributed by atoms with E-state index in [0.717, 1.165) is 6.07 Å². The van der Waals surface area contributed by atoms with E-state index in [1.807, 2.05) is 0 Å². The molecule has 1 heterocycles. The fraction of sp³-hybridized carbons (Fsp3) is 0.385. The molecule has 2 amide bonds. The van der Waals surface area contributed by atoms with E-state index in [2.05, 4.69) is 5.32 Å². The molecule has 0 spiro atoms. The quantitative estimate of drug-likeness (QED) is 0.859. The maximum absolute atomic E-state index is 13.1. The van der Waals surface area contributed by atoms with E-state index in [1.165, 1.54) is 17.0 Å². The third-order valence-electron chi connectivity index (χ3n) is 3.13. The van der Waals surface area contributed by atoms with Gasteiger partial charge in [-0.1, -0.05) is 11.6 Å². The van der Waals surface area contributed by atoms with Gasteiger partial charge in [-0.15, -0.1) is 0 Å². The van der Waals surface area contributed by atoms with E-state index >= 15 is 0 Å². The molecule has 1 aliphatic heterocycles. The second-order valence-electron chi connectivity index (χ2n) is 5.06. The van der Waals surface area contributed by atoms with Gasteiger partial charge in [0.1, 0.15) is 17.4 Å². The Bertz CT molecular complexity index is 560. The zero-order chi connectivity index (χ0) is 14.4. The summed E-state index contributed by atoms with van der Waals surface area (Å²) in [6.45, 7) is 4.83. The average Bonchev–Trinajstić information content (AvgIpc) is 2.29. The number of hydrogen-bond acceptors (Lipinski definition) is 2. The number of halogens is 2. The van der Waals surface area contributed by atoms with Gasteiger partial charge >= 0.3 is 0 Å². The Hall–Kier alpha value is -1.62. The van der Waals surface area contributed by atoms with E-state index in [0.29, 0.717) is 5.69 Å². The number of anilines is 1. The molecule has 0 aromatic heterocycles. The van der Waals surface area contributed by atoms with E-state index in [9.17, 15) is 14.0 Å². The van der Waals surface area contributed by atoms with E-state index < -0.39 is 17.4 Å². The summed E-state index contributed by atoms with van der Waals surface area (Å²) < 4.78 is 13.1. The highest BCUT2D eigenvalue weighted by Gasteiger charge is 2.44. The van der Waals surface area contributed by atoms with Crippen molar-refractivity contribution in [1.29, 1.82) is 0 Å². The molecule has 0 radical (unpaired) electrons. The van der Waals surface area contributed by atoms with Crippen molar-refractivity contribution in [2.45, 2.75) is 32.4 Å². The van der Waals surface area contributed by atoms with Crippen LogP contribution in [0.25, 0.3) is 0 Å². The fourth-order valence-electron chi connectivity index (χ4n) is 2.05. The molecular formula is C13H14ClFN2O2. The Morgan fingerprint density at radius 1 is 1.37 bits per heavy atom. The van der Waals surface area contributed by atoms with Gasteiger partial charge in [0.2, 0.25) is 5.91 Å². The Balaban J connectivity index is 2.51. The summed E-state index contributed by atoms with van der Waals surface area (Å²) in [7, 11) is 0. The van der Waals surface area contributed by atoms with Crippen molar-refractivity contribution < 1.29 is 14.0 Å². The Morgan fingerprint density at radius 3 is 2.58 bits per heavy atom. The highest BCUT2D eigenvalue weighted by Crippen LogP contribution is 2.31. The number of nitrogens with one attached hydrogen (secondary N) is 1. The van der Waals surface area contributed by atoms with Crippen molar-refractivity contribution in [2.75, 3.05) is 4.90 Å². The molecule has 6 heteroatoms. The van der Waals surface area contributed by atoms with Gasteiger partial charge in [-0.2, -0.15) is 0 Å². The summed E-state index contributed by atoms with van der Waals surface area (Å²) in [5.74, 6) is -1.05. The third-order valence-corrected chi connectivity index (χ3v) is 3.43. The number of benzene rings is 1. The normalized spacial score (nSPS) is 22.4. The number of nitrogens with zero attached hydrogens (tertiary/aromatic N) is 1. The molecule has 1 aromatic carbocycles. The smallest absolute Gasteiger partial charge is 0.252 e. The van der Waals surface area contributed by atoms with Crippen LogP contribution in [0, 0.1) is 5.82 Å². The second-order valence-corrected chi connectivity index (χ2v) is 5.47. The number of hydrogen-bond donors (Lipinski definition) is 1. The molecule has 0 bridgehead atoms. The molecule has 0 aliphatic carbocycles. The van der Waals surface area contributed by atoms with Crippen LogP contribution < -0.4 is 10.2 Å². The number of amides is 2. The Labute approximate surface area is 115 Å². The van der Waals surface area contributed by atoms with Crippen LogP contribution in [0.3, 0.4) is 0 Å². The summed E-state index contributed by atoms with van der Waals surface area (Å²) in [6, 6.07) is 3.04. The zero-order valence-electron chi connectivity index (χ0n) is 10.8. The molecule has 1 N–H and O–H groups in total. The monoisotopic (exact) mass is 284 g/mol. The molecule has 1 aliphatic rings. The lowest BCUT2D eigenvalue weighted by Gasteiger charge is -2.41. The van der Waals surface area contributed by atoms with Crippen molar-refractivity contribution in [2.24, 2.45) is 0 Å². The number of carbonyl (C=O) groups excluding carboxylic acids is 2. The van der Waals surface area contributed by atoms with Crippen LogP contribution in [0.1, 0.15) is 20.8 Å². The van der Waals surface area contributed by atoms with Crippen LogP contribution in [0.15, 0.2) is 18.2 Å². The van der Waals surface area contributed by atoms with Crippen molar-refractivity contribution in [3.05, 3.63) is 29.0 Å². The van der Waals surface area contributed by atoms with Gasteiger partial charge in [0.25, 0.3) is 5.91 Å². The first-order valence-electron chi connectivity index (χ1n) is 5.85. The molecule has 1 aromatic rings. The van der Waals surface area contributed by atoms with Gasteiger partial charge in [0.15, 0.2) is 0 Å². The molecular weight excluding hydrogens is 271 g/mol. The van der Waals surface area contributed by atoms with Crippen molar-refractivity contribution in [3.8, 4) is 0 Å². The molecule has 1 fully saturated rings. The Kier molecular flexibility index (Phi) is 3.26. The minimum absolute atomic E-state index is 0.103. The minimum Gasteiger partial charge on any atom is -0.340 e. The summed E-state index contributed by atoms with van der Waals surface area (Å²) in [6.07, 6.45) is 0. The van der Waals surface area contributed by atoms with Crippen LogP contribution in [0.5, 0.6) is 0 Å². The van der Waals surface area contributed by atoms with Crippen LogP contribution >= 0.6 is 11.6 Å². The first-order valence-corrected chi connectivity index (χ1v) is 6.22. The highest BCUT2D eigenvalue weighted by molar-refractivity contribution is 6.34. The molecule has 2 rings (SSSR count). The van der Waals surface area contributed by atoms with Crippen molar-refractivity contribution in [1.82, 2.24) is 5.32 Å². The predicted octanol–water partition coefficient (Wildman–Crippen LogP) is 2.11. The minimum atomic E-state index is -1.01. The standard InChI is InChI=1S/C13H14ClFN2O2/c1-7-11(18)16-13(2,3)12(19)17(7)10-5-4-8(15)6-9(10)14/h4-7H,1-3H3,(H,16,18). The van der Waals surface area contributed by atoms with Crippen LogP contribution in [-0.2, 0) is 9.59 Å². The fourth-order valence-corrected chi connectivity index (χ4v) is 2.31. The largest absolute Gasteiger partial charge is 0.340 e. The lowest BCUT2D eigenvalue weighted by atomic mass is 9.96. The Morgan fingerprint density at radius 2 is 2.00 bits per heavy atom. The summed E-state index contributed by atoms with van der Waals surface area (Å²) in [5, 5.41) is 2.74. The summed E-state index contributed by atoms with van der Waals surface area (Å²) >= 11 is 5.97. The number of rotatable bonds is 1. The first kappa shape index (κ1) is 13.8. The lowest BCUT2D eigenvalue weighted by Crippen LogP contribution is -2.67. The van der Waals surface area contributed by atoms with Crippen LogP contribution in [0.4, 0.5) is 10.1 Å². The van der Waals surface area contributed by atoms with Crippen LogP contribution in [-0.4, -0.2) is 23.4 Å². The summed E-state index contributed by atoms with van der Waals surface area (Å²) in [4.78, 5) is 25.6. The predicted molar refractivity (Wildman–Crippen MR) is 70.6 cm³/mol. The zero-order valence-corrected chi connectivity index (χ0v) is 11.6. The molecule has 0 saturated carbocycles. The molecule has 1 atom stereocenters. The van der Waals surface area contributed by atoms with E-state index in [1.54, 1.807) is 20.8 Å². The maximum Gasteiger partial charge on any atom is 0.252 e. The molecule has 4 nitrogen and oxygen atoms in total. The molecule has 102 valence electrons. The number of carbonyl (C=O) groups is 2. The van der Waals surface area contributed by atoms with E-state index in [4.69, 9.17) is 11.6 Å². The van der Waals surface area contributed by atoms with E-state index in [-0.39, 0.29) is 16.8 Å². The van der Waals surface area contributed by atoms with Gasteiger partial charge in [-0.05, 0) is 39.0 Å². The van der Waals surface area contributed by atoms with Crippen molar-refractivity contribution >= 4 is 29.1 Å². The highest BCUT2D eigenvalue weighted by atomic mass is 35.5. The topological polar surface area (TPSA) is 49.4 Å². The number of piperazine rings is 1. The van der Waals surface area contributed by atoms with Crippen molar-refractivity contribution in [3.63, 3.8) is 0 Å².